The van der Waals surface area contributed by atoms with E-state index in [-0.39, 0.29) is 5.91 Å². The molecule has 1 amide bonds. The molecular formula is C14H11ClN2O2S2. The number of methoxy groups -OCH3 is 1. The third-order valence-corrected chi connectivity index (χ3v) is 5.30. The monoisotopic (exact) mass is 338 g/mol. The largest absolute Gasteiger partial charge is 0.495 e. The van der Waals surface area contributed by atoms with Gasteiger partial charge in [-0.15, -0.1) is 11.3 Å². The minimum atomic E-state index is -0.284. The number of rotatable bonds is 2. The highest BCUT2D eigenvalue weighted by Crippen LogP contribution is 2.26. The Morgan fingerprint density at radius 1 is 1.29 bits per heavy atom. The Bertz CT molecular complexity index is 892. The van der Waals surface area contributed by atoms with Gasteiger partial charge >= 0.3 is 0 Å². The summed E-state index contributed by atoms with van der Waals surface area (Å²) in [5.41, 5.74) is 0.931. The predicted octanol–water partition coefficient (Wildman–Crippen LogP) is 3.70. The minimum absolute atomic E-state index is 0.284. The number of nitrogens with zero attached hydrogens (tertiary/aromatic N) is 2. The van der Waals surface area contributed by atoms with E-state index in [1.54, 1.807) is 19.2 Å². The molecule has 4 nitrogen and oxygen atoms in total. The van der Waals surface area contributed by atoms with Gasteiger partial charge in [0.25, 0.3) is 5.91 Å². The van der Waals surface area contributed by atoms with E-state index >= 15 is 0 Å². The molecule has 108 valence electrons. The number of carbonyl (C=O) groups is 1. The van der Waals surface area contributed by atoms with Gasteiger partial charge in [-0.05, 0) is 24.3 Å². The van der Waals surface area contributed by atoms with Gasteiger partial charge < -0.3 is 9.30 Å². The van der Waals surface area contributed by atoms with Crippen molar-refractivity contribution in [2.45, 2.75) is 0 Å². The summed E-state index contributed by atoms with van der Waals surface area (Å²) in [5.74, 6) is 0.479. The number of aromatic nitrogens is 1. The van der Waals surface area contributed by atoms with Crippen LogP contribution in [0.1, 0.15) is 9.67 Å². The molecule has 2 heterocycles. The van der Waals surface area contributed by atoms with Gasteiger partial charge in [0.15, 0.2) is 4.80 Å². The average molecular weight is 339 g/mol. The Labute approximate surface area is 133 Å². The molecule has 1 aromatic carbocycles. The van der Waals surface area contributed by atoms with Crippen molar-refractivity contribution in [3.05, 3.63) is 44.3 Å². The standard InChI is InChI=1S/C14H11ClN2O2S2/c1-17-12-8(19-2)4-3-5-9(12)21-14(17)16-13(18)10-6-7-11(15)20-10/h3-7H,1-2H3. The Kier molecular flexibility index (Phi) is 3.84. The molecule has 0 atom stereocenters. The number of halogens is 1. The van der Waals surface area contributed by atoms with Gasteiger partial charge in [0.2, 0.25) is 0 Å². The number of thiazole rings is 1. The number of fused-ring (bicyclic) bond motifs is 1. The van der Waals surface area contributed by atoms with E-state index in [1.807, 2.05) is 29.8 Å². The smallest absolute Gasteiger partial charge is 0.289 e. The molecule has 0 fully saturated rings. The molecular weight excluding hydrogens is 328 g/mol. The summed E-state index contributed by atoms with van der Waals surface area (Å²) in [6.07, 6.45) is 0. The number of ether oxygens (including phenoxy) is 1. The van der Waals surface area contributed by atoms with E-state index in [0.29, 0.717) is 14.0 Å². The maximum atomic E-state index is 12.2. The normalized spacial score (nSPS) is 12.0. The predicted molar refractivity (Wildman–Crippen MR) is 86.6 cm³/mol. The summed E-state index contributed by atoms with van der Waals surface area (Å²) in [6, 6.07) is 9.17. The first-order valence-electron chi connectivity index (χ1n) is 6.07. The van der Waals surface area contributed by atoms with Gasteiger partial charge in [0.05, 0.1) is 21.0 Å². The van der Waals surface area contributed by atoms with Crippen LogP contribution in [0, 0.1) is 0 Å². The molecule has 0 aliphatic carbocycles. The fourth-order valence-electron chi connectivity index (χ4n) is 2.01. The number of amides is 1. The van der Waals surface area contributed by atoms with Crippen LogP contribution >= 0.6 is 34.3 Å². The zero-order valence-electron chi connectivity index (χ0n) is 11.3. The van der Waals surface area contributed by atoms with Crippen molar-refractivity contribution < 1.29 is 9.53 Å². The van der Waals surface area contributed by atoms with E-state index in [1.165, 1.54) is 22.7 Å². The topological polar surface area (TPSA) is 43.6 Å². The minimum Gasteiger partial charge on any atom is -0.495 e. The number of hydrogen-bond acceptors (Lipinski definition) is 4. The Balaban J connectivity index is 2.14. The van der Waals surface area contributed by atoms with Crippen LogP contribution in [0.4, 0.5) is 0 Å². The van der Waals surface area contributed by atoms with Crippen LogP contribution in [0.25, 0.3) is 10.2 Å². The van der Waals surface area contributed by atoms with Crippen molar-refractivity contribution in [1.29, 1.82) is 0 Å². The molecule has 0 aliphatic heterocycles. The molecule has 0 saturated heterocycles. The lowest BCUT2D eigenvalue weighted by Crippen LogP contribution is -2.13. The quantitative estimate of drug-likeness (QED) is 0.715. The third-order valence-electron chi connectivity index (χ3n) is 2.99. The van der Waals surface area contributed by atoms with Gasteiger partial charge in [-0.2, -0.15) is 4.99 Å². The van der Waals surface area contributed by atoms with Crippen molar-refractivity contribution >= 4 is 50.4 Å². The first kappa shape index (κ1) is 14.3. The lowest BCUT2D eigenvalue weighted by atomic mass is 10.3. The van der Waals surface area contributed by atoms with Gasteiger partial charge in [-0.25, -0.2) is 0 Å². The van der Waals surface area contributed by atoms with E-state index < -0.39 is 0 Å². The fourth-order valence-corrected chi connectivity index (χ4v) is 3.97. The summed E-state index contributed by atoms with van der Waals surface area (Å²) in [7, 11) is 3.50. The molecule has 3 rings (SSSR count). The molecule has 7 heteroatoms. The van der Waals surface area contributed by atoms with Gasteiger partial charge in [-0.3, -0.25) is 4.79 Å². The van der Waals surface area contributed by atoms with Crippen LogP contribution < -0.4 is 9.54 Å². The van der Waals surface area contributed by atoms with Gasteiger partial charge in [0.1, 0.15) is 11.3 Å². The molecule has 0 aliphatic rings. The fraction of sp³-hybridized carbons (Fsp3) is 0.143. The number of para-hydroxylation sites is 1. The third kappa shape index (κ3) is 2.62. The molecule has 0 spiro atoms. The first-order chi connectivity index (χ1) is 10.1. The molecule has 0 N–H and O–H groups in total. The van der Waals surface area contributed by atoms with Crippen LogP contribution in [0.5, 0.6) is 5.75 Å². The summed E-state index contributed by atoms with van der Waals surface area (Å²) >= 11 is 8.53. The molecule has 0 radical (unpaired) electrons. The second-order valence-corrected chi connectivity index (χ2v) is 7.00. The van der Waals surface area contributed by atoms with Crippen LogP contribution in [0.3, 0.4) is 0 Å². The molecule has 0 unspecified atom stereocenters. The van der Waals surface area contributed by atoms with Gasteiger partial charge in [0, 0.05) is 7.05 Å². The maximum Gasteiger partial charge on any atom is 0.289 e. The maximum absolute atomic E-state index is 12.2. The number of benzene rings is 1. The SMILES string of the molecule is COc1cccc2sc(=NC(=O)c3ccc(Cl)s3)n(C)c12. The lowest BCUT2D eigenvalue weighted by molar-refractivity contribution is 0.100. The zero-order valence-corrected chi connectivity index (χ0v) is 13.7. The molecule has 0 bridgehead atoms. The van der Waals surface area contributed by atoms with Crippen LogP contribution in [-0.4, -0.2) is 17.6 Å². The van der Waals surface area contributed by atoms with Crippen LogP contribution in [-0.2, 0) is 7.05 Å². The molecule has 3 aromatic rings. The summed E-state index contributed by atoms with van der Waals surface area (Å²) < 4.78 is 8.83. The van der Waals surface area contributed by atoms with Crippen LogP contribution in [0.2, 0.25) is 4.34 Å². The van der Waals surface area contributed by atoms with E-state index in [9.17, 15) is 4.79 Å². The Morgan fingerprint density at radius 3 is 2.76 bits per heavy atom. The molecule has 2 aromatic heterocycles. The highest BCUT2D eigenvalue weighted by atomic mass is 35.5. The van der Waals surface area contributed by atoms with Crippen molar-refractivity contribution in [2.75, 3.05) is 7.11 Å². The van der Waals surface area contributed by atoms with Crippen LogP contribution in [0.15, 0.2) is 35.3 Å². The van der Waals surface area contributed by atoms with E-state index in [0.717, 1.165) is 16.0 Å². The second kappa shape index (κ2) is 5.63. The lowest BCUT2D eigenvalue weighted by Gasteiger charge is -2.02. The van der Waals surface area contributed by atoms with Gasteiger partial charge in [-0.1, -0.05) is 29.0 Å². The number of aryl methyl sites for hydroxylation is 1. The summed E-state index contributed by atoms with van der Waals surface area (Å²) in [6.45, 7) is 0. The van der Waals surface area contributed by atoms with Crippen molar-refractivity contribution in [3.8, 4) is 5.75 Å². The van der Waals surface area contributed by atoms with Crippen molar-refractivity contribution in [1.82, 2.24) is 4.57 Å². The average Bonchev–Trinajstić information content (AvgIpc) is 3.04. The number of carbonyl (C=O) groups excluding carboxylic acids is 1. The van der Waals surface area contributed by atoms with E-state index in [2.05, 4.69) is 4.99 Å². The first-order valence-corrected chi connectivity index (χ1v) is 8.08. The molecule has 21 heavy (non-hydrogen) atoms. The second-order valence-electron chi connectivity index (χ2n) is 4.27. The van der Waals surface area contributed by atoms with Crippen molar-refractivity contribution in [3.63, 3.8) is 0 Å². The Hall–Kier alpha value is -1.63. The highest BCUT2D eigenvalue weighted by Gasteiger charge is 2.11. The molecule has 0 saturated carbocycles. The summed E-state index contributed by atoms with van der Waals surface area (Å²) in [5, 5.41) is 0. The highest BCUT2D eigenvalue weighted by molar-refractivity contribution is 7.18. The van der Waals surface area contributed by atoms with E-state index in [4.69, 9.17) is 16.3 Å². The number of thiophene rings is 1. The number of hydrogen-bond donors (Lipinski definition) is 0. The van der Waals surface area contributed by atoms with Crippen molar-refractivity contribution in [2.24, 2.45) is 12.0 Å². The zero-order chi connectivity index (χ0) is 15.0. The Morgan fingerprint density at radius 2 is 2.10 bits per heavy atom. The summed E-state index contributed by atoms with van der Waals surface area (Å²) in [4.78, 5) is 17.5.